The number of carbonyl (C=O) groups is 3. The topological polar surface area (TPSA) is 272 Å². The second kappa shape index (κ2) is 19.3. The number of hydrogen-bond acceptors (Lipinski definition) is 15. The highest BCUT2D eigenvalue weighted by molar-refractivity contribution is 7.86. The van der Waals surface area contributed by atoms with Gasteiger partial charge in [-0.2, -0.15) is 25.3 Å². The zero-order valence-corrected chi connectivity index (χ0v) is 37.7. The van der Waals surface area contributed by atoms with Crippen molar-refractivity contribution < 1.29 is 72.7 Å². The zero-order valence-electron chi connectivity index (χ0n) is 35.3. The first kappa shape index (κ1) is 49.5. The van der Waals surface area contributed by atoms with Gasteiger partial charge in [0.25, 0.3) is 42.2 Å². The molecule has 0 radical (unpaired) electrons. The lowest BCUT2D eigenvalue weighted by Crippen LogP contribution is -2.54. The van der Waals surface area contributed by atoms with Crippen LogP contribution in [0.3, 0.4) is 0 Å². The van der Waals surface area contributed by atoms with Crippen LogP contribution in [0.15, 0.2) is 82.3 Å². The Morgan fingerprint density at radius 2 is 1.41 bits per heavy atom. The number of β-amino-alcohol motifs (C(OH)–C–C–N with tert-alkyl or cyclic N) is 1. The van der Waals surface area contributed by atoms with Gasteiger partial charge in [0.2, 0.25) is 0 Å². The van der Waals surface area contributed by atoms with E-state index in [2.05, 4.69) is 0 Å². The lowest BCUT2D eigenvalue weighted by atomic mass is 9.67. The Labute approximate surface area is 367 Å². The SMILES string of the molecule is COCCC1(C)\C(=C/C=C/C=C/C2(C)N(CCO)c3ccc(S(=O)(=O)O)cc3C2(C)CCCS(=O)(=O)O)N(CCOCCC(=O)ON2C(=O)CCC2=O)c2ccc(S(=O)(=O)O)cc21. The fourth-order valence-electron chi connectivity index (χ4n) is 8.57. The molecule has 0 aliphatic carbocycles. The maximum atomic E-state index is 12.3. The molecule has 0 bridgehead atoms. The Bertz CT molecular complexity index is 2510. The van der Waals surface area contributed by atoms with Crippen molar-refractivity contribution in [3.05, 3.63) is 83.6 Å². The number of fused-ring (bicyclic) bond motifs is 2. The molecule has 19 nitrogen and oxygen atoms in total. The first-order chi connectivity index (χ1) is 29.4. The van der Waals surface area contributed by atoms with Crippen LogP contribution < -0.4 is 9.80 Å². The molecule has 1 fully saturated rings. The van der Waals surface area contributed by atoms with E-state index in [9.17, 15) is 58.4 Å². The molecule has 2 amide bonds. The van der Waals surface area contributed by atoms with Crippen LogP contribution in [0.25, 0.3) is 0 Å². The van der Waals surface area contributed by atoms with Gasteiger partial charge in [0.15, 0.2) is 0 Å². The number of hydroxylamine groups is 2. The molecule has 1 saturated heterocycles. The molecule has 22 heteroatoms. The minimum Gasteiger partial charge on any atom is -0.395 e. The van der Waals surface area contributed by atoms with Crippen molar-refractivity contribution in [2.24, 2.45) is 0 Å². The van der Waals surface area contributed by atoms with Crippen LogP contribution in [0.4, 0.5) is 11.4 Å². The summed E-state index contributed by atoms with van der Waals surface area (Å²) in [6, 6.07) is 8.34. The highest BCUT2D eigenvalue weighted by Gasteiger charge is 2.55. The predicted molar refractivity (Wildman–Crippen MR) is 229 cm³/mol. The standard InChI is InChI=1S/C41H53N3O16S3/c1-39(19-24-58-4)31-27-29(62(52,53)54)10-12-33(31)42(21-25-59-23-16-38(48)60-44-36(46)14-15-37(44)47)35(39)9-6-5-7-18-41(3)40(2,17-8-26-61(49,50)51)32-28-30(63(55,56)57)11-13-34(32)43(41)20-22-45/h5-7,9-13,18,27-28,45H,8,14-17,19-26H2,1-4H3,(H,49,50,51)(H,52,53,54)(H,55,56,57)/b6-5+,18-7+,35-9+. The summed E-state index contributed by atoms with van der Waals surface area (Å²) in [7, 11) is -12.0. The van der Waals surface area contributed by atoms with Gasteiger partial charge in [-0.3, -0.25) is 23.2 Å². The number of rotatable bonds is 21. The Kier molecular flexibility index (Phi) is 15.2. The molecule has 3 aliphatic rings. The lowest BCUT2D eigenvalue weighted by molar-refractivity contribution is -0.198. The number of aliphatic hydroxyl groups is 1. The predicted octanol–water partition coefficient (Wildman–Crippen LogP) is 3.50. The van der Waals surface area contributed by atoms with Crippen LogP contribution in [-0.4, -0.2) is 125 Å². The molecule has 3 aliphatic heterocycles. The average molecular weight is 940 g/mol. The molecule has 5 rings (SSSR count). The summed E-state index contributed by atoms with van der Waals surface area (Å²) in [6.07, 6.45) is 9.01. The van der Waals surface area contributed by atoms with E-state index in [-0.39, 0.29) is 81.4 Å². The van der Waals surface area contributed by atoms with Crippen molar-refractivity contribution >= 4 is 59.5 Å². The van der Waals surface area contributed by atoms with Crippen molar-refractivity contribution in [2.45, 2.75) is 85.5 Å². The molecular weight excluding hydrogens is 887 g/mol. The smallest absolute Gasteiger partial charge is 0.335 e. The highest BCUT2D eigenvalue weighted by atomic mass is 32.2. The summed E-state index contributed by atoms with van der Waals surface area (Å²) in [5.41, 5.74) is -0.0314. The van der Waals surface area contributed by atoms with Crippen molar-refractivity contribution in [1.29, 1.82) is 0 Å². The quantitative estimate of drug-likeness (QED) is 0.0603. The number of benzene rings is 2. The van der Waals surface area contributed by atoms with Crippen molar-refractivity contribution in [2.75, 3.05) is 62.2 Å². The van der Waals surface area contributed by atoms with E-state index in [1.54, 1.807) is 24.3 Å². The van der Waals surface area contributed by atoms with Crippen molar-refractivity contribution in [3.8, 4) is 0 Å². The summed E-state index contributed by atoms with van der Waals surface area (Å²) in [5.74, 6) is -2.60. The summed E-state index contributed by atoms with van der Waals surface area (Å²) >= 11 is 0. The molecule has 3 heterocycles. The number of methoxy groups -OCH3 is 1. The number of aliphatic hydroxyl groups excluding tert-OH is 1. The molecular formula is C41H53N3O16S3. The first-order valence-electron chi connectivity index (χ1n) is 20.0. The minimum absolute atomic E-state index is 0.00657. The van der Waals surface area contributed by atoms with E-state index in [0.717, 1.165) is 0 Å². The fourth-order valence-corrected chi connectivity index (χ4v) is 10.1. The third kappa shape index (κ3) is 10.7. The molecule has 0 saturated carbocycles. The number of imide groups is 1. The molecule has 0 aromatic heterocycles. The van der Waals surface area contributed by atoms with Gasteiger partial charge in [0.05, 0.1) is 47.3 Å². The largest absolute Gasteiger partial charge is 0.395 e. The van der Waals surface area contributed by atoms with E-state index in [0.29, 0.717) is 39.7 Å². The normalized spacial score (nSPS) is 23.5. The molecule has 63 heavy (non-hydrogen) atoms. The Morgan fingerprint density at radius 1 is 0.794 bits per heavy atom. The number of anilines is 2. The summed E-state index contributed by atoms with van der Waals surface area (Å²) in [4.78, 5) is 44.0. The number of allylic oxidation sites excluding steroid dienone is 5. The molecule has 2 aromatic rings. The Hall–Kier alpha value is -4.52. The van der Waals surface area contributed by atoms with Crippen molar-refractivity contribution in [1.82, 2.24) is 5.06 Å². The molecule has 0 spiro atoms. The third-order valence-corrected chi connectivity index (χ3v) is 14.6. The summed E-state index contributed by atoms with van der Waals surface area (Å²) in [5, 5.41) is 10.6. The van der Waals surface area contributed by atoms with Gasteiger partial charge < -0.3 is 29.2 Å². The highest BCUT2D eigenvalue weighted by Crippen LogP contribution is 2.55. The van der Waals surface area contributed by atoms with Crippen LogP contribution >= 0.6 is 0 Å². The number of hydrogen-bond donors (Lipinski definition) is 4. The number of carbonyl (C=O) groups excluding carboxylic acids is 3. The van der Waals surface area contributed by atoms with Gasteiger partial charge in [-0.1, -0.05) is 31.2 Å². The van der Waals surface area contributed by atoms with Crippen molar-refractivity contribution in [3.63, 3.8) is 0 Å². The number of nitrogens with zero attached hydrogens (tertiary/aromatic N) is 3. The maximum Gasteiger partial charge on any atom is 0.335 e. The van der Waals surface area contributed by atoms with Crippen LogP contribution in [0.1, 0.15) is 70.4 Å². The van der Waals surface area contributed by atoms with Crippen LogP contribution in [0.5, 0.6) is 0 Å². The monoisotopic (exact) mass is 939 g/mol. The van der Waals surface area contributed by atoms with E-state index in [4.69, 9.17) is 14.3 Å². The van der Waals surface area contributed by atoms with E-state index < -0.39 is 70.3 Å². The maximum absolute atomic E-state index is 12.3. The number of amides is 2. The van der Waals surface area contributed by atoms with Crippen LogP contribution in [-0.2, 0) is 69.9 Å². The van der Waals surface area contributed by atoms with E-state index >= 15 is 0 Å². The minimum atomic E-state index is -4.63. The zero-order chi connectivity index (χ0) is 46.6. The van der Waals surface area contributed by atoms with E-state index in [1.807, 2.05) is 42.7 Å². The lowest BCUT2D eigenvalue weighted by Gasteiger charge is -2.45. The van der Waals surface area contributed by atoms with Gasteiger partial charge >= 0.3 is 5.97 Å². The second-order valence-corrected chi connectivity index (χ2v) is 20.4. The average Bonchev–Trinajstić information content (AvgIpc) is 3.70. The molecule has 3 unspecified atom stereocenters. The van der Waals surface area contributed by atoms with Gasteiger partial charge in [-0.15, -0.1) is 5.06 Å². The fraction of sp³-hybridized carbons (Fsp3) is 0.488. The number of ether oxygens (including phenoxy) is 2. The van der Waals surface area contributed by atoms with Gasteiger partial charge in [-0.05, 0) is 86.7 Å². The van der Waals surface area contributed by atoms with Crippen LogP contribution in [0, 0.1) is 0 Å². The summed E-state index contributed by atoms with van der Waals surface area (Å²) in [6.45, 7) is 5.77. The first-order valence-corrected chi connectivity index (χ1v) is 24.5. The molecule has 4 N–H and O–H groups in total. The van der Waals surface area contributed by atoms with E-state index in [1.165, 1.54) is 37.4 Å². The van der Waals surface area contributed by atoms with Gasteiger partial charge in [0.1, 0.15) is 0 Å². The van der Waals surface area contributed by atoms with Gasteiger partial charge in [-0.25, -0.2) is 4.79 Å². The van der Waals surface area contributed by atoms with Gasteiger partial charge in [0, 0.05) is 67.5 Å². The third-order valence-electron chi connectivity index (χ3n) is 12.1. The molecule has 346 valence electrons. The summed E-state index contributed by atoms with van der Waals surface area (Å²) < 4.78 is 113. The molecule has 2 aromatic carbocycles. The molecule has 3 atom stereocenters. The Morgan fingerprint density at radius 3 is 2.00 bits per heavy atom. The second-order valence-electron chi connectivity index (χ2n) is 16.0. The van der Waals surface area contributed by atoms with Crippen LogP contribution in [0.2, 0.25) is 0 Å². The Balaban J connectivity index is 1.47.